The quantitative estimate of drug-likeness (QED) is 0.807. The summed E-state index contributed by atoms with van der Waals surface area (Å²) in [5, 5.41) is 7.57. The van der Waals surface area contributed by atoms with Crippen molar-refractivity contribution in [1.29, 1.82) is 0 Å². The molecule has 0 bridgehead atoms. The lowest BCUT2D eigenvalue weighted by Gasteiger charge is -2.23. The third kappa shape index (κ3) is 3.97. The summed E-state index contributed by atoms with van der Waals surface area (Å²) in [6, 6.07) is 0. The summed E-state index contributed by atoms with van der Waals surface area (Å²) in [7, 11) is 0. The van der Waals surface area contributed by atoms with Crippen molar-refractivity contribution in [3.63, 3.8) is 0 Å². The minimum absolute atomic E-state index is 0.294. The predicted molar refractivity (Wildman–Crippen MR) is 79.3 cm³/mol. The van der Waals surface area contributed by atoms with Gasteiger partial charge in [0.15, 0.2) is 11.3 Å². The number of rotatable bonds is 6. The van der Waals surface area contributed by atoms with Gasteiger partial charge in [-0.15, -0.1) is 0 Å². The lowest BCUT2D eigenvalue weighted by atomic mass is 9.99. The average Bonchev–Trinajstić information content (AvgIpc) is 2.96. The summed E-state index contributed by atoms with van der Waals surface area (Å²) in [5.41, 5.74) is -0.827. The number of nitrogens with zero attached hydrogens (tertiary/aromatic N) is 2. The maximum Gasteiger partial charge on any atom is 0.333 e. The Labute approximate surface area is 125 Å². The van der Waals surface area contributed by atoms with Crippen LogP contribution in [0.15, 0.2) is 12.4 Å². The molecule has 0 unspecified atom stereocenters. The molecule has 1 N–H and O–H groups in total. The van der Waals surface area contributed by atoms with Gasteiger partial charge in [0.25, 0.3) is 0 Å². The van der Waals surface area contributed by atoms with Crippen molar-refractivity contribution in [2.24, 2.45) is 5.92 Å². The Morgan fingerprint density at radius 1 is 1.48 bits per heavy atom. The van der Waals surface area contributed by atoms with E-state index in [2.05, 4.69) is 10.4 Å². The highest BCUT2D eigenvalue weighted by Crippen LogP contribution is 2.21. The van der Waals surface area contributed by atoms with E-state index in [0.717, 1.165) is 25.9 Å². The number of nitrogens with one attached hydrogen (secondary N) is 1. The summed E-state index contributed by atoms with van der Waals surface area (Å²) in [4.78, 5) is 11.9. The molecule has 2 rings (SSSR count). The molecule has 6 heteroatoms. The molecule has 0 atom stereocenters. The zero-order valence-corrected chi connectivity index (χ0v) is 13.1. The first kappa shape index (κ1) is 15.8. The van der Waals surface area contributed by atoms with Crippen LogP contribution in [0.1, 0.15) is 33.6 Å². The molecule has 1 aromatic heterocycles. The smallest absolute Gasteiger partial charge is 0.333 e. The molecular weight excluding hydrogens is 270 g/mol. The van der Waals surface area contributed by atoms with Crippen LogP contribution in [0.2, 0.25) is 0 Å². The molecule has 21 heavy (non-hydrogen) atoms. The number of aromatic nitrogens is 2. The van der Waals surface area contributed by atoms with Gasteiger partial charge in [-0.3, -0.25) is 4.68 Å². The predicted octanol–water partition coefficient (Wildman–Crippen LogP) is 1.56. The summed E-state index contributed by atoms with van der Waals surface area (Å²) in [6.07, 6.45) is 5.70. The maximum absolute atomic E-state index is 11.9. The van der Waals surface area contributed by atoms with Crippen LogP contribution >= 0.6 is 0 Å². The molecule has 1 saturated heterocycles. The van der Waals surface area contributed by atoms with E-state index >= 15 is 0 Å². The van der Waals surface area contributed by atoms with Crippen LogP contribution in [-0.2, 0) is 15.1 Å². The molecule has 1 aliphatic heterocycles. The van der Waals surface area contributed by atoms with Crippen molar-refractivity contribution in [3.8, 4) is 5.75 Å². The van der Waals surface area contributed by atoms with Crippen LogP contribution in [0.3, 0.4) is 0 Å². The Hall–Kier alpha value is -1.56. The Balaban J connectivity index is 1.92. The Morgan fingerprint density at radius 3 is 2.86 bits per heavy atom. The highest BCUT2D eigenvalue weighted by atomic mass is 16.5. The number of piperidine rings is 1. The molecule has 6 nitrogen and oxygen atoms in total. The molecule has 1 fully saturated rings. The van der Waals surface area contributed by atoms with Gasteiger partial charge in [-0.1, -0.05) is 0 Å². The number of hydrogen-bond donors (Lipinski definition) is 1. The molecule has 0 saturated carbocycles. The standard InChI is InChI=1S/C15H25N3O3/c1-4-20-14(19)15(2,3)18-10-13(9-17-18)21-11-12-5-7-16-8-6-12/h9-10,12,16H,4-8,11H2,1-3H3. The van der Waals surface area contributed by atoms with Crippen molar-refractivity contribution in [2.45, 2.75) is 39.2 Å². The average molecular weight is 295 g/mol. The first-order valence-electron chi connectivity index (χ1n) is 7.60. The number of esters is 1. The fourth-order valence-electron chi connectivity index (χ4n) is 2.35. The Kier molecular flexibility index (Phi) is 5.22. The van der Waals surface area contributed by atoms with Gasteiger partial charge in [0, 0.05) is 0 Å². The third-order valence-electron chi connectivity index (χ3n) is 3.85. The second kappa shape index (κ2) is 6.93. The van der Waals surface area contributed by atoms with E-state index in [0.29, 0.717) is 24.9 Å². The first-order chi connectivity index (χ1) is 10.0. The molecule has 0 radical (unpaired) electrons. The van der Waals surface area contributed by atoms with Crippen molar-refractivity contribution in [3.05, 3.63) is 12.4 Å². The number of carbonyl (C=O) groups is 1. The summed E-state index contributed by atoms with van der Waals surface area (Å²) in [5.74, 6) is 0.997. The van der Waals surface area contributed by atoms with E-state index in [1.165, 1.54) is 0 Å². The highest BCUT2D eigenvalue weighted by Gasteiger charge is 2.32. The summed E-state index contributed by atoms with van der Waals surface area (Å²) in [6.45, 7) is 8.55. The van der Waals surface area contributed by atoms with Gasteiger partial charge in [-0.25, -0.2) is 4.79 Å². The van der Waals surface area contributed by atoms with Crippen molar-refractivity contribution >= 4 is 5.97 Å². The Morgan fingerprint density at radius 2 is 2.19 bits per heavy atom. The molecule has 1 aliphatic rings. The summed E-state index contributed by atoms with van der Waals surface area (Å²) >= 11 is 0. The second-order valence-electron chi connectivity index (χ2n) is 5.90. The third-order valence-corrected chi connectivity index (χ3v) is 3.85. The molecule has 2 heterocycles. The van der Waals surface area contributed by atoms with E-state index in [1.807, 2.05) is 0 Å². The minimum atomic E-state index is -0.827. The zero-order valence-electron chi connectivity index (χ0n) is 13.1. The molecule has 0 amide bonds. The van der Waals surface area contributed by atoms with Crippen LogP contribution in [0.25, 0.3) is 0 Å². The van der Waals surface area contributed by atoms with Crippen LogP contribution in [0.4, 0.5) is 0 Å². The van der Waals surface area contributed by atoms with E-state index in [1.54, 1.807) is 37.8 Å². The van der Waals surface area contributed by atoms with Gasteiger partial charge < -0.3 is 14.8 Å². The molecule has 0 spiro atoms. The van der Waals surface area contributed by atoms with Crippen molar-refractivity contribution < 1.29 is 14.3 Å². The van der Waals surface area contributed by atoms with Gasteiger partial charge in [0.2, 0.25) is 0 Å². The van der Waals surface area contributed by atoms with Crippen LogP contribution in [0.5, 0.6) is 5.75 Å². The topological polar surface area (TPSA) is 65.4 Å². The van der Waals surface area contributed by atoms with Gasteiger partial charge in [-0.2, -0.15) is 5.10 Å². The zero-order chi connectivity index (χ0) is 15.3. The lowest BCUT2D eigenvalue weighted by molar-refractivity contribution is -0.152. The lowest BCUT2D eigenvalue weighted by Crippen LogP contribution is -2.37. The number of hydrogen-bond acceptors (Lipinski definition) is 5. The van der Waals surface area contributed by atoms with Gasteiger partial charge in [0.05, 0.1) is 25.6 Å². The molecule has 1 aromatic rings. The van der Waals surface area contributed by atoms with Crippen molar-refractivity contribution in [2.75, 3.05) is 26.3 Å². The number of carbonyl (C=O) groups excluding carboxylic acids is 1. The normalized spacial score (nSPS) is 16.7. The Bertz CT molecular complexity index is 464. The molecule has 118 valence electrons. The maximum atomic E-state index is 11.9. The first-order valence-corrected chi connectivity index (χ1v) is 7.60. The second-order valence-corrected chi connectivity index (χ2v) is 5.90. The number of ether oxygens (including phenoxy) is 2. The fraction of sp³-hybridized carbons (Fsp3) is 0.733. The largest absolute Gasteiger partial charge is 0.490 e. The van der Waals surface area contributed by atoms with Crippen LogP contribution < -0.4 is 10.1 Å². The van der Waals surface area contributed by atoms with E-state index in [-0.39, 0.29) is 5.97 Å². The van der Waals surface area contributed by atoms with Crippen LogP contribution in [0, 0.1) is 5.92 Å². The van der Waals surface area contributed by atoms with Gasteiger partial charge >= 0.3 is 5.97 Å². The molecule has 0 aliphatic carbocycles. The monoisotopic (exact) mass is 295 g/mol. The van der Waals surface area contributed by atoms with Crippen molar-refractivity contribution in [1.82, 2.24) is 15.1 Å². The van der Waals surface area contributed by atoms with E-state index in [4.69, 9.17) is 9.47 Å². The fourth-order valence-corrected chi connectivity index (χ4v) is 2.35. The van der Waals surface area contributed by atoms with Crippen LogP contribution in [-0.4, -0.2) is 42.1 Å². The minimum Gasteiger partial charge on any atom is -0.490 e. The van der Waals surface area contributed by atoms with E-state index < -0.39 is 5.54 Å². The van der Waals surface area contributed by atoms with Gasteiger partial charge in [0.1, 0.15) is 0 Å². The summed E-state index contributed by atoms with van der Waals surface area (Å²) < 4.78 is 12.5. The van der Waals surface area contributed by atoms with Gasteiger partial charge in [-0.05, 0) is 52.6 Å². The molecule has 0 aromatic carbocycles. The van der Waals surface area contributed by atoms with E-state index in [9.17, 15) is 4.79 Å². The highest BCUT2D eigenvalue weighted by molar-refractivity contribution is 5.77. The molecular formula is C15H25N3O3. The SMILES string of the molecule is CCOC(=O)C(C)(C)n1cc(OCC2CCNCC2)cn1.